The Labute approximate surface area is 210 Å². The second kappa shape index (κ2) is 10.7. The molecule has 3 aromatic carbocycles. The molecule has 0 aromatic heterocycles. The molecule has 0 radical (unpaired) electrons. The fourth-order valence-corrected chi connectivity index (χ4v) is 4.62. The number of hydrazine groups is 1. The van der Waals surface area contributed by atoms with Crippen molar-refractivity contribution in [2.24, 2.45) is 0 Å². The number of para-hydroxylation sites is 2. The SMILES string of the molecule is COc1ccccc1NS(=O)(=O)c1cc([N+](=O)[O-])ccc1NNC(=S)Nc1ccc(Cl)cc1Cl. The number of methoxy groups -OCH3 is 1. The minimum atomic E-state index is -4.29. The molecule has 0 saturated heterocycles. The van der Waals surface area contributed by atoms with E-state index in [0.29, 0.717) is 15.7 Å². The molecule has 34 heavy (non-hydrogen) atoms. The zero-order valence-corrected chi connectivity index (χ0v) is 20.5. The molecule has 0 fully saturated rings. The lowest BCUT2D eigenvalue weighted by Crippen LogP contribution is -2.34. The molecule has 0 aliphatic heterocycles. The lowest BCUT2D eigenvalue weighted by Gasteiger charge is -2.17. The molecule has 178 valence electrons. The molecule has 4 N–H and O–H groups in total. The smallest absolute Gasteiger partial charge is 0.270 e. The number of rotatable bonds is 8. The summed E-state index contributed by atoms with van der Waals surface area (Å²) in [5, 5.41) is 14.9. The summed E-state index contributed by atoms with van der Waals surface area (Å²) in [5.74, 6) is 0.273. The van der Waals surface area contributed by atoms with Gasteiger partial charge in [0, 0.05) is 17.2 Å². The van der Waals surface area contributed by atoms with Crippen LogP contribution in [0.1, 0.15) is 0 Å². The van der Waals surface area contributed by atoms with Crippen LogP contribution in [-0.2, 0) is 10.0 Å². The number of nitrogens with zero attached hydrogens (tertiary/aromatic N) is 1. The maximum atomic E-state index is 13.1. The summed E-state index contributed by atoms with van der Waals surface area (Å²) >= 11 is 17.2. The van der Waals surface area contributed by atoms with Crippen LogP contribution in [0.3, 0.4) is 0 Å². The van der Waals surface area contributed by atoms with Crippen LogP contribution in [0.2, 0.25) is 10.0 Å². The topological polar surface area (TPSA) is 135 Å². The Morgan fingerprint density at radius 2 is 1.74 bits per heavy atom. The van der Waals surface area contributed by atoms with Crippen molar-refractivity contribution in [2.75, 3.05) is 22.6 Å². The molecule has 0 spiro atoms. The van der Waals surface area contributed by atoms with Gasteiger partial charge in [-0.2, -0.15) is 0 Å². The maximum absolute atomic E-state index is 13.1. The van der Waals surface area contributed by atoms with Crippen molar-refractivity contribution in [1.29, 1.82) is 0 Å². The fraction of sp³-hybridized carbons (Fsp3) is 0.0500. The molecule has 0 amide bonds. The van der Waals surface area contributed by atoms with E-state index in [0.717, 1.165) is 12.1 Å². The number of thiocarbonyl (C=S) groups is 1. The van der Waals surface area contributed by atoms with Crippen LogP contribution in [0, 0.1) is 10.1 Å². The van der Waals surface area contributed by atoms with Gasteiger partial charge in [0.2, 0.25) is 0 Å². The molecule has 0 saturated carbocycles. The summed E-state index contributed by atoms with van der Waals surface area (Å²) in [6.07, 6.45) is 0. The van der Waals surface area contributed by atoms with Crippen molar-refractivity contribution in [2.45, 2.75) is 4.90 Å². The van der Waals surface area contributed by atoms with E-state index in [-0.39, 0.29) is 22.2 Å². The number of hydrogen-bond acceptors (Lipinski definition) is 7. The van der Waals surface area contributed by atoms with Crippen molar-refractivity contribution < 1.29 is 18.1 Å². The Morgan fingerprint density at radius 1 is 1.03 bits per heavy atom. The fourth-order valence-electron chi connectivity index (χ4n) is 2.75. The number of non-ortho nitro benzene ring substituents is 1. The van der Waals surface area contributed by atoms with E-state index in [4.69, 9.17) is 40.2 Å². The van der Waals surface area contributed by atoms with Gasteiger partial charge in [-0.1, -0.05) is 35.3 Å². The first-order valence-corrected chi connectivity index (χ1v) is 12.0. The van der Waals surface area contributed by atoms with E-state index < -0.39 is 25.5 Å². The highest BCUT2D eigenvalue weighted by atomic mass is 35.5. The van der Waals surface area contributed by atoms with Crippen molar-refractivity contribution >= 4 is 73.3 Å². The number of anilines is 3. The Balaban J connectivity index is 1.86. The van der Waals surface area contributed by atoms with Crippen LogP contribution in [0.4, 0.5) is 22.7 Å². The van der Waals surface area contributed by atoms with Gasteiger partial charge in [-0.05, 0) is 48.6 Å². The first-order valence-electron chi connectivity index (χ1n) is 9.33. The summed E-state index contributed by atoms with van der Waals surface area (Å²) in [7, 11) is -2.90. The number of nitro benzene ring substituents is 1. The summed E-state index contributed by atoms with van der Waals surface area (Å²) in [6.45, 7) is 0. The average Bonchev–Trinajstić information content (AvgIpc) is 2.79. The number of hydrogen-bond donors (Lipinski definition) is 4. The number of nitrogens with one attached hydrogen (secondary N) is 4. The monoisotopic (exact) mass is 541 g/mol. The zero-order valence-electron chi connectivity index (χ0n) is 17.3. The summed E-state index contributed by atoms with van der Waals surface area (Å²) in [6, 6.07) is 14.4. The van der Waals surface area contributed by atoms with Crippen LogP contribution in [0.5, 0.6) is 5.75 Å². The Hall–Kier alpha value is -3.32. The van der Waals surface area contributed by atoms with Crippen molar-refractivity contribution in [3.63, 3.8) is 0 Å². The normalized spacial score (nSPS) is 10.8. The molecular formula is C20H17Cl2N5O5S2. The van der Waals surface area contributed by atoms with E-state index in [2.05, 4.69) is 20.9 Å². The quantitative estimate of drug-likeness (QED) is 0.176. The summed E-state index contributed by atoms with van der Waals surface area (Å²) in [5.41, 5.74) is 5.48. The molecule has 0 aliphatic carbocycles. The van der Waals surface area contributed by atoms with Gasteiger partial charge in [-0.3, -0.25) is 25.7 Å². The van der Waals surface area contributed by atoms with Gasteiger partial charge in [-0.25, -0.2) is 8.42 Å². The number of benzene rings is 3. The van der Waals surface area contributed by atoms with Crippen molar-refractivity contribution in [3.05, 3.63) is 80.8 Å². The zero-order chi connectivity index (χ0) is 24.9. The number of halogens is 2. The van der Waals surface area contributed by atoms with Crippen molar-refractivity contribution in [3.8, 4) is 5.75 Å². The minimum absolute atomic E-state index is 0.000601. The van der Waals surface area contributed by atoms with Gasteiger partial charge in [0.15, 0.2) is 5.11 Å². The minimum Gasteiger partial charge on any atom is -0.495 e. The van der Waals surface area contributed by atoms with Crippen LogP contribution >= 0.6 is 35.4 Å². The molecule has 0 bridgehead atoms. The number of nitro groups is 1. The molecule has 0 heterocycles. The standard InChI is InChI=1S/C20H17Cl2N5O5S2/c1-32-18-5-3-2-4-16(18)26-34(30,31)19-11-13(27(28)29)7-9-17(19)24-25-20(33)23-15-8-6-12(21)10-14(15)22/h2-11,24,26H,1H3,(H2,23,25,33). The third-order valence-corrected chi connectivity index (χ3v) is 6.46. The molecular weight excluding hydrogens is 525 g/mol. The molecule has 3 rings (SSSR count). The van der Waals surface area contributed by atoms with Gasteiger partial charge in [0.25, 0.3) is 15.7 Å². The third-order valence-electron chi connectivity index (χ3n) is 4.31. The van der Waals surface area contributed by atoms with E-state index in [1.54, 1.807) is 30.3 Å². The first-order chi connectivity index (χ1) is 16.1. The second-order valence-corrected chi connectivity index (χ2v) is 9.47. The van der Waals surface area contributed by atoms with Crippen LogP contribution < -0.4 is 25.6 Å². The lowest BCUT2D eigenvalue weighted by atomic mass is 10.3. The second-order valence-electron chi connectivity index (χ2n) is 6.57. The molecule has 0 aliphatic rings. The molecule has 0 atom stereocenters. The predicted molar refractivity (Wildman–Crippen MR) is 136 cm³/mol. The number of sulfonamides is 1. The Bertz CT molecular complexity index is 1350. The van der Waals surface area contributed by atoms with Gasteiger partial charge >= 0.3 is 0 Å². The van der Waals surface area contributed by atoms with E-state index in [1.807, 2.05) is 0 Å². The average molecular weight is 542 g/mol. The van der Waals surface area contributed by atoms with Crippen molar-refractivity contribution in [1.82, 2.24) is 5.43 Å². The lowest BCUT2D eigenvalue weighted by molar-refractivity contribution is -0.385. The van der Waals surface area contributed by atoms with Gasteiger partial charge in [0.1, 0.15) is 10.6 Å². The number of ether oxygens (including phenoxy) is 1. The van der Waals surface area contributed by atoms with Gasteiger partial charge < -0.3 is 10.1 Å². The van der Waals surface area contributed by atoms with E-state index in [1.165, 1.54) is 25.3 Å². The third kappa shape index (κ3) is 6.17. The molecule has 10 nitrogen and oxygen atoms in total. The summed E-state index contributed by atoms with van der Waals surface area (Å²) < 4.78 is 33.8. The van der Waals surface area contributed by atoms with Gasteiger partial charge in [0.05, 0.1) is 34.1 Å². The molecule has 0 unspecified atom stereocenters. The largest absolute Gasteiger partial charge is 0.495 e. The molecule has 3 aromatic rings. The first kappa shape index (κ1) is 25.3. The highest BCUT2D eigenvalue weighted by molar-refractivity contribution is 7.93. The van der Waals surface area contributed by atoms with E-state index >= 15 is 0 Å². The van der Waals surface area contributed by atoms with Crippen LogP contribution in [0.25, 0.3) is 0 Å². The van der Waals surface area contributed by atoms with Gasteiger partial charge in [-0.15, -0.1) is 0 Å². The predicted octanol–water partition coefficient (Wildman–Crippen LogP) is 5.02. The maximum Gasteiger partial charge on any atom is 0.270 e. The van der Waals surface area contributed by atoms with E-state index in [9.17, 15) is 18.5 Å². The highest BCUT2D eigenvalue weighted by Crippen LogP contribution is 2.31. The highest BCUT2D eigenvalue weighted by Gasteiger charge is 2.24. The Morgan fingerprint density at radius 3 is 2.41 bits per heavy atom. The molecule has 14 heteroatoms. The van der Waals surface area contributed by atoms with Crippen LogP contribution in [-0.4, -0.2) is 25.6 Å². The Kier molecular flexibility index (Phi) is 7.99. The van der Waals surface area contributed by atoms with Crippen LogP contribution in [0.15, 0.2) is 65.6 Å². The summed E-state index contributed by atoms with van der Waals surface area (Å²) in [4.78, 5) is 10.2.